The van der Waals surface area contributed by atoms with Crippen molar-refractivity contribution < 1.29 is 14.8 Å². The van der Waals surface area contributed by atoms with Gasteiger partial charge in [0.25, 0.3) is 5.69 Å². The van der Waals surface area contributed by atoms with Crippen LogP contribution in [0.5, 0.6) is 0 Å². The molecular formula is C14H15N3O4. The van der Waals surface area contributed by atoms with Crippen LogP contribution < -0.4 is 5.32 Å². The van der Waals surface area contributed by atoms with Crippen molar-refractivity contribution in [3.63, 3.8) is 0 Å². The van der Waals surface area contributed by atoms with Crippen LogP contribution in [0, 0.1) is 16.0 Å². The van der Waals surface area contributed by atoms with E-state index < -0.39 is 16.8 Å². The van der Waals surface area contributed by atoms with E-state index in [1.165, 1.54) is 12.1 Å². The van der Waals surface area contributed by atoms with Gasteiger partial charge in [-0.2, -0.15) is 0 Å². The van der Waals surface area contributed by atoms with Crippen LogP contribution >= 0.6 is 0 Å². The number of nitro groups is 1. The summed E-state index contributed by atoms with van der Waals surface area (Å²) in [6.07, 6.45) is 0.530. The maximum Gasteiger partial charge on any atom is 0.308 e. The molecule has 0 saturated heterocycles. The van der Waals surface area contributed by atoms with Gasteiger partial charge in [0.2, 0.25) is 0 Å². The fraction of sp³-hybridized carbons (Fsp3) is 0.286. The van der Waals surface area contributed by atoms with Crippen molar-refractivity contribution in [3.8, 4) is 0 Å². The number of carboxylic acid groups (broad SMARTS) is 1. The number of aromatic nitrogens is 1. The molecule has 0 fully saturated rings. The van der Waals surface area contributed by atoms with E-state index in [0.717, 1.165) is 0 Å². The number of hydrogen-bond acceptors (Lipinski definition) is 5. The van der Waals surface area contributed by atoms with Crippen LogP contribution in [0.25, 0.3) is 10.9 Å². The number of anilines is 1. The number of nitrogens with one attached hydrogen (secondary N) is 1. The van der Waals surface area contributed by atoms with Crippen LogP contribution in [-0.2, 0) is 4.79 Å². The van der Waals surface area contributed by atoms with Gasteiger partial charge in [-0.1, -0.05) is 6.92 Å². The van der Waals surface area contributed by atoms with Crippen LogP contribution in [0.4, 0.5) is 11.5 Å². The van der Waals surface area contributed by atoms with Gasteiger partial charge in [-0.05, 0) is 24.6 Å². The molecule has 7 heteroatoms. The van der Waals surface area contributed by atoms with E-state index in [9.17, 15) is 14.9 Å². The molecule has 1 unspecified atom stereocenters. The van der Waals surface area contributed by atoms with Crippen LogP contribution in [0.15, 0.2) is 30.3 Å². The van der Waals surface area contributed by atoms with E-state index in [1.807, 2.05) is 6.92 Å². The van der Waals surface area contributed by atoms with Crippen molar-refractivity contribution in [2.24, 2.45) is 5.92 Å². The van der Waals surface area contributed by atoms with Gasteiger partial charge in [-0.3, -0.25) is 14.9 Å². The van der Waals surface area contributed by atoms with Gasteiger partial charge < -0.3 is 10.4 Å². The number of rotatable bonds is 6. The monoisotopic (exact) mass is 289 g/mol. The largest absolute Gasteiger partial charge is 0.481 e. The average molecular weight is 289 g/mol. The van der Waals surface area contributed by atoms with Gasteiger partial charge >= 0.3 is 5.97 Å². The van der Waals surface area contributed by atoms with Crippen LogP contribution in [0.2, 0.25) is 0 Å². The van der Waals surface area contributed by atoms with Gasteiger partial charge in [0.15, 0.2) is 0 Å². The Bertz CT molecular complexity index is 687. The first-order chi connectivity index (χ1) is 10.0. The van der Waals surface area contributed by atoms with E-state index in [-0.39, 0.29) is 12.2 Å². The fourth-order valence-electron chi connectivity index (χ4n) is 1.96. The molecule has 0 aliphatic heterocycles. The highest BCUT2D eigenvalue weighted by molar-refractivity contribution is 5.82. The molecule has 0 spiro atoms. The summed E-state index contributed by atoms with van der Waals surface area (Å²) in [6, 6.07) is 7.83. The van der Waals surface area contributed by atoms with E-state index in [4.69, 9.17) is 5.11 Å². The summed E-state index contributed by atoms with van der Waals surface area (Å²) < 4.78 is 0. The van der Waals surface area contributed by atoms with E-state index in [2.05, 4.69) is 10.3 Å². The highest BCUT2D eigenvalue weighted by Gasteiger charge is 2.14. The molecule has 1 aromatic carbocycles. The van der Waals surface area contributed by atoms with Gasteiger partial charge in [0.1, 0.15) is 5.82 Å². The lowest BCUT2D eigenvalue weighted by Gasteiger charge is -2.11. The van der Waals surface area contributed by atoms with E-state index in [1.54, 1.807) is 18.2 Å². The van der Waals surface area contributed by atoms with Gasteiger partial charge in [-0.15, -0.1) is 0 Å². The Hall–Kier alpha value is -2.70. The van der Waals surface area contributed by atoms with E-state index in [0.29, 0.717) is 23.1 Å². The summed E-state index contributed by atoms with van der Waals surface area (Å²) in [5.41, 5.74) is 0.635. The Balaban J connectivity index is 2.17. The summed E-state index contributed by atoms with van der Waals surface area (Å²) in [7, 11) is 0. The molecule has 0 aliphatic rings. The standard InChI is InChI=1S/C14H15N3O4/c1-2-9(14(18)19)8-15-13-6-3-10-7-11(17(20)21)4-5-12(10)16-13/h3-7,9H,2,8H2,1H3,(H,15,16)(H,18,19). The molecule has 1 heterocycles. The SMILES string of the molecule is CCC(CNc1ccc2cc([N+](=O)[O-])ccc2n1)C(=O)O. The molecule has 1 aromatic heterocycles. The minimum absolute atomic E-state index is 0.0157. The van der Waals surface area contributed by atoms with Crippen LogP contribution in [-0.4, -0.2) is 27.5 Å². The van der Waals surface area contributed by atoms with Crippen LogP contribution in [0.3, 0.4) is 0 Å². The molecule has 0 aliphatic carbocycles. The Morgan fingerprint density at radius 1 is 1.43 bits per heavy atom. The molecule has 2 aromatic rings. The minimum Gasteiger partial charge on any atom is -0.481 e. The molecular weight excluding hydrogens is 274 g/mol. The minimum atomic E-state index is -0.846. The molecule has 21 heavy (non-hydrogen) atoms. The highest BCUT2D eigenvalue weighted by atomic mass is 16.6. The third kappa shape index (κ3) is 3.44. The molecule has 0 radical (unpaired) electrons. The zero-order chi connectivity index (χ0) is 15.4. The number of nitro benzene ring substituents is 1. The average Bonchev–Trinajstić information content (AvgIpc) is 2.46. The van der Waals surface area contributed by atoms with Crippen molar-refractivity contribution in [1.29, 1.82) is 0 Å². The van der Waals surface area contributed by atoms with Gasteiger partial charge in [-0.25, -0.2) is 4.98 Å². The van der Waals surface area contributed by atoms with Crippen molar-refractivity contribution in [2.75, 3.05) is 11.9 Å². The Morgan fingerprint density at radius 3 is 2.81 bits per heavy atom. The zero-order valence-electron chi connectivity index (χ0n) is 11.4. The van der Waals surface area contributed by atoms with Crippen molar-refractivity contribution >= 4 is 28.4 Å². The summed E-state index contributed by atoms with van der Waals surface area (Å²) in [4.78, 5) is 25.5. The number of non-ortho nitro benzene ring substituents is 1. The molecule has 1 atom stereocenters. The van der Waals surface area contributed by atoms with E-state index >= 15 is 0 Å². The third-order valence-electron chi connectivity index (χ3n) is 3.26. The summed E-state index contributed by atoms with van der Waals surface area (Å²) in [5.74, 6) is -0.767. The predicted molar refractivity (Wildman–Crippen MR) is 78.3 cm³/mol. The summed E-state index contributed by atoms with van der Waals surface area (Å²) in [5, 5.41) is 23.3. The summed E-state index contributed by atoms with van der Waals surface area (Å²) in [6.45, 7) is 2.10. The summed E-state index contributed by atoms with van der Waals surface area (Å²) >= 11 is 0. The second kappa shape index (κ2) is 6.17. The Labute approximate surface area is 120 Å². The second-order valence-electron chi connectivity index (χ2n) is 4.65. The van der Waals surface area contributed by atoms with Crippen molar-refractivity contribution in [2.45, 2.75) is 13.3 Å². The lowest BCUT2D eigenvalue weighted by Crippen LogP contribution is -2.22. The fourth-order valence-corrected chi connectivity index (χ4v) is 1.96. The maximum atomic E-state index is 10.9. The number of aliphatic carboxylic acids is 1. The smallest absolute Gasteiger partial charge is 0.308 e. The molecule has 110 valence electrons. The molecule has 0 amide bonds. The Kier molecular flexibility index (Phi) is 4.32. The highest BCUT2D eigenvalue weighted by Crippen LogP contribution is 2.21. The first-order valence-electron chi connectivity index (χ1n) is 6.53. The number of carbonyl (C=O) groups is 1. The number of fused-ring (bicyclic) bond motifs is 1. The number of nitrogens with zero attached hydrogens (tertiary/aromatic N) is 2. The van der Waals surface area contributed by atoms with Crippen LogP contribution in [0.1, 0.15) is 13.3 Å². The number of carboxylic acids is 1. The first-order valence-corrected chi connectivity index (χ1v) is 6.53. The number of hydrogen-bond donors (Lipinski definition) is 2. The predicted octanol–water partition coefficient (Wildman–Crippen LogP) is 2.67. The first kappa shape index (κ1) is 14.7. The maximum absolute atomic E-state index is 10.9. The number of pyridine rings is 1. The molecule has 0 saturated carbocycles. The molecule has 0 bridgehead atoms. The molecule has 2 rings (SSSR count). The third-order valence-corrected chi connectivity index (χ3v) is 3.26. The van der Waals surface area contributed by atoms with Gasteiger partial charge in [0, 0.05) is 24.1 Å². The zero-order valence-corrected chi connectivity index (χ0v) is 11.4. The number of benzene rings is 1. The van der Waals surface area contributed by atoms with Crippen molar-refractivity contribution in [1.82, 2.24) is 4.98 Å². The lowest BCUT2D eigenvalue weighted by atomic mass is 10.1. The normalized spacial score (nSPS) is 12.0. The van der Waals surface area contributed by atoms with Crippen molar-refractivity contribution in [3.05, 3.63) is 40.4 Å². The molecule has 2 N–H and O–H groups in total. The lowest BCUT2D eigenvalue weighted by molar-refractivity contribution is -0.384. The van der Waals surface area contributed by atoms with Gasteiger partial charge in [0.05, 0.1) is 16.4 Å². The molecule has 7 nitrogen and oxygen atoms in total. The topological polar surface area (TPSA) is 105 Å². The Morgan fingerprint density at radius 2 is 2.19 bits per heavy atom. The second-order valence-corrected chi connectivity index (χ2v) is 4.65. The quantitative estimate of drug-likeness (QED) is 0.625.